The van der Waals surface area contributed by atoms with Gasteiger partial charge in [0.2, 0.25) is 5.91 Å². The number of primary amides is 1. The van der Waals surface area contributed by atoms with Gasteiger partial charge in [0, 0.05) is 11.8 Å². The van der Waals surface area contributed by atoms with E-state index in [0.29, 0.717) is 23.0 Å². The number of rotatable bonds is 7. The van der Waals surface area contributed by atoms with E-state index in [1.54, 1.807) is 36.5 Å². The second-order valence-electron chi connectivity index (χ2n) is 7.03. The molecule has 3 N–H and O–H groups in total. The lowest BCUT2D eigenvalue weighted by atomic mass is 10.0. The fourth-order valence-electron chi connectivity index (χ4n) is 3.02. The molecule has 2 aromatic heterocycles. The van der Waals surface area contributed by atoms with Gasteiger partial charge in [-0.3, -0.25) is 9.59 Å². The number of nitrogens with two attached hydrogens (primary N) is 1. The van der Waals surface area contributed by atoms with Crippen LogP contribution in [0.2, 0.25) is 0 Å². The highest BCUT2D eigenvalue weighted by molar-refractivity contribution is 6.05. The number of benzene rings is 1. The molecule has 28 heavy (non-hydrogen) atoms. The van der Waals surface area contributed by atoms with Crippen LogP contribution in [0.3, 0.4) is 0 Å². The van der Waals surface area contributed by atoms with Crippen molar-refractivity contribution in [1.82, 2.24) is 20.1 Å². The first kappa shape index (κ1) is 19.5. The normalized spacial score (nSPS) is 12.3. The van der Waals surface area contributed by atoms with Gasteiger partial charge in [0.15, 0.2) is 11.3 Å². The van der Waals surface area contributed by atoms with Gasteiger partial charge in [0.25, 0.3) is 5.91 Å². The van der Waals surface area contributed by atoms with Gasteiger partial charge in [-0.15, -0.1) is 0 Å². The lowest BCUT2D eigenvalue weighted by Crippen LogP contribution is -2.45. The Morgan fingerprint density at radius 1 is 1.21 bits per heavy atom. The maximum atomic E-state index is 14.0. The number of hydrogen-bond donors (Lipinski definition) is 2. The highest BCUT2D eigenvalue weighted by Gasteiger charge is 2.24. The molecule has 1 aromatic carbocycles. The summed E-state index contributed by atoms with van der Waals surface area (Å²) in [7, 11) is 0. The molecule has 0 unspecified atom stereocenters. The first-order valence-corrected chi connectivity index (χ1v) is 9.02. The van der Waals surface area contributed by atoms with Crippen LogP contribution < -0.4 is 11.1 Å². The minimum atomic E-state index is -0.795. The van der Waals surface area contributed by atoms with Crippen molar-refractivity contribution in [3.05, 3.63) is 59.7 Å². The third-order valence-electron chi connectivity index (χ3n) is 4.36. The number of carbonyl (C=O) groups excluding carboxylic acids is 2. The Labute approximate surface area is 161 Å². The molecular weight excluding hydrogens is 361 g/mol. The minimum Gasteiger partial charge on any atom is -0.368 e. The first-order chi connectivity index (χ1) is 13.4. The zero-order chi connectivity index (χ0) is 20.3. The molecule has 0 aliphatic rings. The van der Waals surface area contributed by atoms with Crippen LogP contribution in [-0.4, -0.2) is 32.6 Å². The molecule has 0 fully saturated rings. The van der Waals surface area contributed by atoms with E-state index in [-0.39, 0.29) is 24.0 Å². The number of nitrogens with one attached hydrogen (secondary N) is 1. The molecule has 3 aromatic rings. The molecule has 7 nitrogen and oxygen atoms in total. The van der Waals surface area contributed by atoms with Gasteiger partial charge in [-0.05, 0) is 30.5 Å². The van der Waals surface area contributed by atoms with E-state index in [0.717, 1.165) is 0 Å². The Morgan fingerprint density at radius 3 is 2.64 bits per heavy atom. The van der Waals surface area contributed by atoms with Crippen LogP contribution >= 0.6 is 0 Å². The van der Waals surface area contributed by atoms with Crippen molar-refractivity contribution in [1.29, 1.82) is 0 Å². The molecule has 146 valence electrons. The standard InChI is InChI=1S/C20H22FN5O2/c1-12(2)10-16(18(22)27)24-20(28)17-14-7-5-9-23-19(14)26(25-17)11-13-6-3-4-8-15(13)21/h3-9,12,16H,10-11H2,1-2H3,(H2,22,27)(H,24,28)/t16-/m0/s1. The van der Waals surface area contributed by atoms with Crippen LogP contribution in [0.1, 0.15) is 36.3 Å². The molecule has 2 amide bonds. The molecule has 0 bridgehead atoms. The largest absolute Gasteiger partial charge is 0.368 e. The third kappa shape index (κ3) is 4.16. The minimum absolute atomic E-state index is 0.120. The van der Waals surface area contributed by atoms with Crippen LogP contribution in [0.15, 0.2) is 42.6 Å². The molecule has 0 saturated heterocycles. The lowest BCUT2D eigenvalue weighted by molar-refractivity contribution is -0.120. The van der Waals surface area contributed by atoms with Gasteiger partial charge >= 0.3 is 0 Å². The lowest BCUT2D eigenvalue weighted by Gasteiger charge is -2.16. The maximum absolute atomic E-state index is 14.0. The molecule has 1 atom stereocenters. The fourth-order valence-corrected chi connectivity index (χ4v) is 3.02. The maximum Gasteiger partial charge on any atom is 0.273 e. The van der Waals surface area contributed by atoms with E-state index in [2.05, 4.69) is 15.4 Å². The predicted octanol–water partition coefficient (Wildman–Crippen LogP) is 2.25. The summed E-state index contributed by atoms with van der Waals surface area (Å²) in [4.78, 5) is 28.7. The quantitative estimate of drug-likeness (QED) is 0.653. The van der Waals surface area contributed by atoms with Crippen LogP contribution in [0.4, 0.5) is 4.39 Å². The number of pyridine rings is 1. The molecule has 8 heteroatoms. The molecule has 0 aliphatic carbocycles. The van der Waals surface area contributed by atoms with Gasteiger partial charge in [-0.2, -0.15) is 5.10 Å². The van der Waals surface area contributed by atoms with Gasteiger partial charge in [-0.25, -0.2) is 14.1 Å². The van der Waals surface area contributed by atoms with Crippen molar-refractivity contribution in [2.24, 2.45) is 11.7 Å². The van der Waals surface area contributed by atoms with Crippen molar-refractivity contribution in [2.75, 3.05) is 0 Å². The predicted molar refractivity (Wildman–Crippen MR) is 103 cm³/mol. The second kappa shape index (κ2) is 8.16. The molecule has 3 rings (SSSR count). The van der Waals surface area contributed by atoms with Crippen molar-refractivity contribution in [3.8, 4) is 0 Å². The topological polar surface area (TPSA) is 103 Å². The Bertz CT molecular complexity index is 1010. The summed E-state index contributed by atoms with van der Waals surface area (Å²) in [6, 6.07) is 8.96. The Morgan fingerprint density at radius 2 is 1.96 bits per heavy atom. The number of amides is 2. The number of aromatic nitrogens is 3. The van der Waals surface area contributed by atoms with Gasteiger partial charge < -0.3 is 11.1 Å². The zero-order valence-electron chi connectivity index (χ0n) is 15.7. The summed E-state index contributed by atoms with van der Waals surface area (Å²) < 4.78 is 15.5. The van der Waals surface area contributed by atoms with E-state index >= 15 is 0 Å². The summed E-state index contributed by atoms with van der Waals surface area (Å²) in [5.41, 5.74) is 6.42. The monoisotopic (exact) mass is 383 g/mol. The molecule has 0 saturated carbocycles. The number of halogens is 1. The van der Waals surface area contributed by atoms with E-state index in [1.165, 1.54) is 10.7 Å². The number of hydrogen-bond acceptors (Lipinski definition) is 4. The Hall–Kier alpha value is -3.29. The summed E-state index contributed by atoms with van der Waals surface area (Å²) >= 11 is 0. The highest BCUT2D eigenvalue weighted by atomic mass is 19.1. The molecule has 2 heterocycles. The summed E-state index contributed by atoms with van der Waals surface area (Å²) in [6.45, 7) is 3.99. The van der Waals surface area contributed by atoms with Gasteiger partial charge in [-0.1, -0.05) is 32.0 Å². The van der Waals surface area contributed by atoms with Crippen molar-refractivity contribution >= 4 is 22.8 Å². The average molecular weight is 383 g/mol. The van der Waals surface area contributed by atoms with E-state index in [4.69, 9.17) is 5.73 Å². The smallest absolute Gasteiger partial charge is 0.273 e. The van der Waals surface area contributed by atoms with E-state index in [1.807, 2.05) is 13.8 Å². The van der Waals surface area contributed by atoms with Gasteiger partial charge in [0.1, 0.15) is 11.9 Å². The molecule has 0 radical (unpaired) electrons. The molecule has 0 spiro atoms. The SMILES string of the molecule is CC(C)C[C@H](NC(=O)c1nn(Cc2ccccc2F)c2ncccc12)C(N)=O. The average Bonchev–Trinajstić information content (AvgIpc) is 3.01. The van der Waals surface area contributed by atoms with Crippen LogP contribution in [0.25, 0.3) is 11.0 Å². The van der Waals surface area contributed by atoms with Crippen molar-refractivity contribution in [3.63, 3.8) is 0 Å². The highest BCUT2D eigenvalue weighted by Crippen LogP contribution is 2.19. The fraction of sp³-hybridized carbons (Fsp3) is 0.300. The first-order valence-electron chi connectivity index (χ1n) is 9.02. The molecular formula is C20H22FN5O2. The summed E-state index contributed by atoms with van der Waals surface area (Å²) in [5.74, 6) is -1.31. The summed E-state index contributed by atoms with van der Waals surface area (Å²) in [6.07, 6.45) is 2.00. The zero-order valence-corrected chi connectivity index (χ0v) is 15.7. The molecule has 0 aliphatic heterocycles. The van der Waals surface area contributed by atoms with Crippen molar-refractivity contribution in [2.45, 2.75) is 32.9 Å². The van der Waals surface area contributed by atoms with Crippen molar-refractivity contribution < 1.29 is 14.0 Å². The van der Waals surface area contributed by atoms with E-state index < -0.39 is 17.9 Å². The van der Waals surface area contributed by atoms with Crippen LogP contribution in [0, 0.1) is 11.7 Å². The van der Waals surface area contributed by atoms with Crippen LogP contribution in [0.5, 0.6) is 0 Å². The number of fused-ring (bicyclic) bond motifs is 1. The van der Waals surface area contributed by atoms with E-state index in [9.17, 15) is 14.0 Å². The summed E-state index contributed by atoms with van der Waals surface area (Å²) in [5, 5.41) is 7.51. The Balaban J connectivity index is 1.94. The second-order valence-corrected chi connectivity index (χ2v) is 7.03. The third-order valence-corrected chi connectivity index (χ3v) is 4.36. The van der Waals surface area contributed by atoms with Gasteiger partial charge in [0.05, 0.1) is 11.9 Å². The number of nitrogens with zero attached hydrogens (tertiary/aromatic N) is 3. The Kier molecular flexibility index (Phi) is 5.67. The number of carbonyl (C=O) groups is 2. The van der Waals surface area contributed by atoms with Crippen LogP contribution in [-0.2, 0) is 11.3 Å².